The molecule has 0 unspecified atom stereocenters. The summed E-state index contributed by atoms with van der Waals surface area (Å²) in [6, 6.07) is 9.31. The summed E-state index contributed by atoms with van der Waals surface area (Å²) in [5, 5.41) is 8.81. The Bertz CT molecular complexity index is 932. The molecule has 1 N–H and O–H groups in total. The van der Waals surface area contributed by atoms with Crippen LogP contribution in [0.4, 0.5) is 5.95 Å². The third-order valence-corrected chi connectivity index (χ3v) is 4.46. The van der Waals surface area contributed by atoms with Crippen molar-refractivity contribution in [2.45, 2.75) is 32.9 Å². The van der Waals surface area contributed by atoms with Crippen LogP contribution in [0.2, 0.25) is 0 Å². The first kappa shape index (κ1) is 18.3. The molecule has 0 aliphatic heterocycles. The van der Waals surface area contributed by atoms with Crippen molar-refractivity contribution < 1.29 is 4.74 Å². The number of thiophene rings is 1. The quantitative estimate of drug-likeness (QED) is 0.373. The number of ether oxygens (including phenoxy) is 1. The Balaban J connectivity index is 1.85. The zero-order valence-electron chi connectivity index (χ0n) is 14.9. The average molecular weight is 370 g/mol. The maximum atomic E-state index is 12.9. The molecule has 136 valence electrons. The van der Waals surface area contributed by atoms with Crippen LogP contribution in [0.1, 0.15) is 25.8 Å². The van der Waals surface area contributed by atoms with Crippen molar-refractivity contribution >= 4 is 34.4 Å². The van der Waals surface area contributed by atoms with Crippen LogP contribution in [-0.2, 0) is 11.3 Å². The fourth-order valence-corrected chi connectivity index (χ4v) is 3.13. The van der Waals surface area contributed by atoms with Crippen LogP contribution in [0.15, 0.2) is 51.0 Å². The van der Waals surface area contributed by atoms with Crippen molar-refractivity contribution in [3.05, 3.63) is 57.0 Å². The number of fused-ring (bicyclic) bond motifs is 1. The third kappa shape index (κ3) is 4.56. The van der Waals surface area contributed by atoms with Gasteiger partial charge in [-0.1, -0.05) is 12.1 Å². The Morgan fingerprint density at radius 2 is 2.19 bits per heavy atom. The van der Waals surface area contributed by atoms with Crippen molar-refractivity contribution in [3.8, 4) is 0 Å². The van der Waals surface area contributed by atoms with E-state index in [1.165, 1.54) is 0 Å². The molecule has 0 atom stereocenters. The Morgan fingerprint density at radius 1 is 1.35 bits per heavy atom. The highest BCUT2D eigenvalue weighted by Crippen LogP contribution is 2.12. The van der Waals surface area contributed by atoms with Gasteiger partial charge in [-0.3, -0.25) is 9.36 Å². The number of hydrogen-bond donors (Lipinski definition) is 1. The summed E-state index contributed by atoms with van der Waals surface area (Å²) in [5.41, 5.74) is 4.50. The van der Waals surface area contributed by atoms with E-state index >= 15 is 0 Å². The topological polar surface area (TPSA) is 68.5 Å². The number of aromatic nitrogens is 2. The van der Waals surface area contributed by atoms with E-state index in [4.69, 9.17) is 4.74 Å². The smallest absolute Gasteiger partial charge is 0.262 e. The van der Waals surface area contributed by atoms with Gasteiger partial charge in [-0.2, -0.15) is 16.4 Å². The standard InChI is InChI=1S/C19H22N4O2S/c1-14(2)25-10-5-9-23-18(24)16-6-3-4-7-17(16)21-19(23)22-20-12-15-8-11-26-13-15/h3-4,6-8,11-14H,5,9-10H2,1-2H3,(H,21,22)/b20-12-. The van der Waals surface area contributed by atoms with E-state index in [2.05, 4.69) is 15.5 Å². The van der Waals surface area contributed by atoms with E-state index in [0.29, 0.717) is 30.0 Å². The van der Waals surface area contributed by atoms with Crippen LogP contribution in [0.3, 0.4) is 0 Å². The zero-order chi connectivity index (χ0) is 18.4. The molecule has 0 spiro atoms. The fraction of sp³-hybridized carbons (Fsp3) is 0.316. The van der Waals surface area contributed by atoms with E-state index in [0.717, 1.165) is 12.0 Å². The van der Waals surface area contributed by atoms with Gasteiger partial charge >= 0.3 is 0 Å². The molecule has 3 rings (SSSR count). The Morgan fingerprint density at radius 3 is 2.96 bits per heavy atom. The molecule has 0 fully saturated rings. The van der Waals surface area contributed by atoms with E-state index in [1.54, 1.807) is 28.2 Å². The van der Waals surface area contributed by atoms with Crippen LogP contribution in [-0.4, -0.2) is 28.5 Å². The van der Waals surface area contributed by atoms with Gasteiger partial charge in [0.15, 0.2) is 0 Å². The minimum absolute atomic E-state index is 0.0756. The molecule has 26 heavy (non-hydrogen) atoms. The lowest BCUT2D eigenvalue weighted by molar-refractivity contribution is 0.0748. The number of nitrogens with one attached hydrogen (secondary N) is 1. The van der Waals surface area contributed by atoms with Crippen LogP contribution in [0, 0.1) is 0 Å². The van der Waals surface area contributed by atoms with E-state index in [9.17, 15) is 4.79 Å². The van der Waals surface area contributed by atoms with Crippen molar-refractivity contribution in [2.24, 2.45) is 5.10 Å². The van der Waals surface area contributed by atoms with Gasteiger partial charge in [-0.25, -0.2) is 10.4 Å². The highest BCUT2D eigenvalue weighted by Gasteiger charge is 2.10. The van der Waals surface area contributed by atoms with Gasteiger partial charge in [-0.05, 0) is 49.2 Å². The summed E-state index contributed by atoms with van der Waals surface area (Å²) in [6.07, 6.45) is 2.61. The number of anilines is 1. The summed E-state index contributed by atoms with van der Waals surface area (Å²) in [4.78, 5) is 17.4. The van der Waals surface area contributed by atoms with Gasteiger partial charge in [-0.15, -0.1) is 0 Å². The van der Waals surface area contributed by atoms with Gasteiger partial charge in [0.05, 0.1) is 23.2 Å². The summed E-state index contributed by atoms with van der Waals surface area (Å²) in [6.45, 7) is 5.10. The minimum atomic E-state index is -0.0756. The third-order valence-electron chi connectivity index (χ3n) is 3.76. The second-order valence-electron chi connectivity index (χ2n) is 6.11. The SMILES string of the molecule is CC(C)OCCCn1c(N/N=C\c2ccsc2)nc2ccccc2c1=O. The Labute approximate surface area is 156 Å². The Hall–Kier alpha value is -2.51. The molecule has 0 bridgehead atoms. The molecule has 1 aromatic carbocycles. The normalized spacial score (nSPS) is 11.7. The Kier molecular flexibility index (Phi) is 6.14. The van der Waals surface area contributed by atoms with Crippen molar-refractivity contribution in [1.29, 1.82) is 0 Å². The molecule has 7 heteroatoms. The second-order valence-corrected chi connectivity index (χ2v) is 6.89. The van der Waals surface area contributed by atoms with Crippen molar-refractivity contribution in [2.75, 3.05) is 12.0 Å². The number of rotatable bonds is 8. The fourth-order valence-electron chi connectivity index (χ4n) is 2.52. The van der Waals surface area contributed by atoms with Crippen molar-refractivity contribution in [3.63, 3.8) is 0 Å². The molecular weight excluding hydrogens is 348 g/mol. The second kappa shape index (κ2) is 8.73. The van der Waals surface area contributed by atoms with Gasteiger partial charge < -0.3 is 4.74 Å². The maximum absolute atomic E-state index is 12.9. The number of nitrogens with zero attached hydrogens (tertiary/aromatic N) is 3. The van der Waals surface area contributed by atoms with Crippen LogP contribution < -0.4 is 11.0 Å². The largest absolute Gasteiger partial charge is 0.379 e. The lowest BCUT2D eigenvalue weighted by Gasteiger charge is -2.13. The molecule has 0 amide bonds. The van der Waals surface area contributed by atoms with Crippen molar-refractivity contribution in [1.82, 2.24) is 9.55 Å². The molecule has 2 heterocycles. The zero-order valence-corrected chi connectivity index (χ0v) is 15.7. The number of hydrazone groups is 1. The van der Waals surface area contributed by atoms with Crippen LogP contribution in [0.5, 0.6) is 0 Å². The number of para-hydroxylation sites is 1. The monoisotopic (exact) mass is 370 g/mol. The highest BCUT2D eigenvalue weighted by molar-refractivity contribution is 7.08. The van der Waals surface area contributed by atoms with Crippen LogP contribution >= 0.6 is 11.3 Å². The molecular formula is C19H22N4O2S. The number of benzene rings is 1. The maximum Gasteiger partial charge on any atom is 0.262 e. The summed E-state index contributed by atoms with van der Waals surface area (Å²) >= 11 is 1.61. The van der Waals surface area contributed by atoms with Gasteiger partial charge in [0, 0.05) is 18.7 Å². The highest BCUT2D eigenvalue weighted by atomic mass is 32.1. The predicted molar refractivity (Wildman–Crippen MR) is 107 cm³/mol. The summed E-state index contributed by atoms with van der Waals surface area (Å²) in [5.74, 6) is 0.435. The molecule has 0 saturated carbocycles. The predicted octanol–water partition coefficient (Wildman–Crippen LogP) is 3.72. The first-order valence-electron chi connectivity index (χ1n) is 8.57. The van der Waals surface area contributed by atoms with E-state index in [1.807, 2.05) is 48.9 Å². The molecule has 0 aliphatic rings. The molecule has 2 aromatic heterocycles. The minimum Gasteiger partial charge on any atom is -0.379 e. The summed E-state index contributed by atoms with van der Waals surface area (Å²) < 4.78 is 7.20. The molecule has 0 radical (unpaired) electrons. The van der Waals surface area contributed by atoms with E-state index in [-0.39, 0.29) is 11.7 Å². The number of hydrogen-bond acceptors (Lipinski definition) is 6. The lowest BCUT2D eigenvalue weighted by Crippen LogP contribution is -2.25. The van der Waals surface area contributed by atoms with Gasteiger partial charge in [0.25, 0.3) is 5.56 Å². The van der Waals surface area contributed by atoms with E-state index < -0.39 is 0 Å². The average Bonchev–Trinajstić information content (AvgIpc) is 3.14. The van der Waals surface area contributed by atoms with Crippen LogP contribution in [0.25, 0.3) is 10.9 Å². The molecule has 6 nitrogen and oxygen atoms in total. The molecule has 0 aliphatic carbocycles. The first-order valence-corrected chi connectivity index (χ1v) is 9.52. The first-order chi connectivity index (χ1) is 12.6. The van der Waals surface area contributed by atoms with Gasteiger partial charge in [0.1, 0.15) is 0 Å². The summed E-state index contributed by atoms with van der Waals surface area (Å²) in [7, 11) is 0. The van der Waals surface area contributed by atoms with Gasteiger partial charge in [0.2, 0.25) is 5.95 Å². The molecule has 0 saturated heterocycles. The molecule has 3 aromatic rings. The lowest BCUT2D eigenvalue weighted by atomic mass is 10.2.